The molecule has 0 amide bonds. The highest BCUT2D eigenvalue weighted by Gasteiger charge is 2.31. The van der Waals surface area contributed by atoms with Crippen molar-refractivity contribution in [1.82, 2.24) is 14.3 Å². The van der Waals surface area contributed by atoms with E-state index in [0.717, 1.165) is 35.4 Å². The molecule has 90 valence electrons. The van der Waals surface area contributed by atoms with E-state index in [2.05, 4.69) is 14.3 Å². The molecule has 0 N–H and O–H groups in total. The predicted molar refractivity (Wildman–Crippen MR) is 58.3 cm³/mol. The van der Waals surface area contributed by atoms with E-state index in [1.54, 1.807) is 0 Å². The number of rotatable bonds is 2. The van der Waals surface area contributed by atoms with Gasteiger partial charge in [0.15, 0.2) is 4.34 Å². The Morgan fingerprint density at radius 2 is 2.06 bits per heavy atom. The fourth-order valence-electron chi connectivity index (χ4n) is 0.986. The first kappa shape index (κ1) is 12.6. The number of hydrogen-bond donors (Lipinski definition) is 0. The van der Waals surface area contributed by atoms with Gasteiger partial charge in [0.05, 0.1) is 5.56 Å². The Bertz CT molecular complexity index is 515. The molecule has 2 heterocycles. The van der Waals surface area contributed by atoms with Crippen LogP contribution in [0.25, 0.3) is 0 Å². The summed E-state index contributed by atoms with van der Waals surface area (Å²) in [5, 5.41) is -0.0617. The Hall–Kier alpha value is -0.860. The topological polar surface area (TPSA) is 38.7 Å². The second-order valence-corrected chi connectivity index (χ2v) is 5.26. The molecule has 0 spiro atoms. The average molecular weight is 298 g/mol. The summed E-state index contributed by atoms with van der Waals surface area (Å²) in [7, 11) is 0. The molecule has 0 aliphatic heterocycles. The van der Waals surface area contributed by atoms with Crippen molar-refractivity contribution in [3.8, 4) is 0 Å². The van der Waals surface area contributed by atoms with Crippen LogP contribution in [0.15, 0.2) is 27.8 Å². The number of hydrogen-bond acceptors (Lipinski definition) is 5. The standard InChI is InChI=1S/C8H3ClF3N3S2/c9-5-1-4(8(10,11)12)2-6(15-5)16-7-13-3-14-17-7/h1-3H. The molecule has 0 saturated heterocycles. The second-order valence-electron chi connectivity index (χ2n) is 2.82. The van der Waals surface area contributed by atoms with Gasteiger partial charge in [-0.2, -0.15) is 17.5 Å². The van der Waals surface area contributed by atoms with Gasteiger partial charge in [-0.3, -0.25) is 0 Å². The van der Waals surface area contributed by atoms with Gasteiger partial charge in [0.1, 0.15) is 16.5 Å². The summed E-state index contributed by atoms with van der Waals surface area (Å²) < 4.78 is 41.8. The first-order chi connectivity index (χ1) is 7.95. The highest BCUT2D eigenvalue weighted by Crippen LogP contribution is 2.35. The molecular weight excluding hydrogens is 295 g/mol. The number of halogens is 4. The minimum absolute atomic E-state index is 0.140. The van der Waals surface area contributed by atoms with Crippen LogP contribution in [0, 0.1) is 0 Å². The molecule has 0 aromatic carbocycles. The number of aromatic nitrogens is 3. The molecule has 0 atom stereocenters. The molecular formula is C8H3ClF3N3S2. The van der Waals surface area contributed by atoms with E-state index in [0.29, 0.717) is 4.34 Å². The lowest BCUT2D eigenvalue weighted by Gasteiger charge is -2.07. The number of nitrogens with zero attached hydrogens (tertiary/aromatic N) is 3. The zero-order valence-corrected chi connectivity index (χ0v) is 10.3. The summed E-state index contributed by atoms with van der Waals surface area (Å²) >= 11 is 7.60. The Morgan fingerprint density at radius 1 is 1.29 bits per heavy atom. The first-order valence-electron chi connectivity index (χ1n) is 4.14. The van der Waals surface area contributed by atoms with Crippen molar-refractivity contribution < 1.29 is 13.2 Å². The third-order valence-corrected chi connectivity index (χ3v) is 3.46. The molecule has 17 heavy (non-hydrogen) atoms. The van der Waals surface area contributed by atoms with E-state index in [4.69, 9.17) is 11.6 Å². The van der Waals surface area contributed by atoms with Crippen LogP contribution in [0.4, 0.5) is 13.2 Å². The van der Waals surface area contributed by atoms with E-state index in [-0.39, 0.29) is 10.2 Å². The van der Waals surface area contributed by atoms with Gasteiger partial charge in [-0.05, 0) is 35.4 Å². The fraction of sp³-hybridized carbons (Fsp3) is 0.125. The molecule has 0 fully saturated rings. The van der Waals surface area contributed by atoms with Crippen molar-refractivity contribution in [1.29, 1.82) is 0 Å². The summed E-state index contributed by atoms with van der Waals surface area (Å²) in [5.74, 6) is 0. The van der Waals surface area contributed by atoms with Crippen LogP contribution in [0.2, 0.25) is 5.15 Å². The minimum atomic E-state index is -4.44. The van der Waals surface area contributed by atoms with Crippen LogP contribution in [-0.4, -0.2) is 14.3 Å². The molecule has 0 saturated carbocycles. The quantitative estimate of drug-likeness (QED) is 0.791. The van der Waals surface area contributed by atoms with E-state index < -0.39 is 11.7 Å². The molecule has 0 aliphatic rings. The van der Waals surface area contributed by atoms with E-state index >= 15 is 0 Å². The lowest BCUT2D eigenvalue weighted by atomic mass is 10.3. The summed E-state index contributed by atoms with van der Waals surface area (Å²) in [4.78, 5) is 7.63. The molecule has 9 heteroatoms. The smallest absolute Gasteiger partial charge is 0.229 e. The molecule has 0 bridgehead atoms. The molecule has 0 radical (unpaired) electrons. The van der Waals surface area contributed by atoms with Gasteiger partial charge in [0, 0.05) is 0 Å². The normalized spacial score (nSPS) is 11.8. The molecule has 3 nitrogen and oxygen atoms in total. The lowest BCUT2D eigenvalue weighted by Crippen LogP contribution is -2.05. The third kappa shape index (κ3) is 3.30. The van der Waals surface area contributed by atoms with E-state index in [1.807, 2.05) is 0 Å². The number of alkyl halides is 3. The van der Waals surface area contributed by atoms with Gasteiger partial charge in [-0.1, -0.05) is 11.6 Å². The van der Waals surface area contributed by atoms with Crippen molar-refractivity contribution in [2.24, 2.45) is 0 Å². The third-order valence-electron chi connectivity index (χ3n) is 1.63. The summed E-state index contributed by atoms with van der Waals surface area (Å²) in [6.07, 6.45) is -3.12. The van der Waals surface area contributed by atoms with Crippen LogP contribution in [0.1, 0.15) is 5.56 Å². The predicted octanol–water partition coefficient (Wildman–Crippen LogP) is 3.76. The Kier molecular flexibility index (Phi) is 3.55. The summed E-state index contributed by atoms with van der Waals surface area (Å²) in [6.45, 7) is 0. The Morgan fingerprint density at radius 3 is 2.65 bits per heavy atom. The Balaban J connectivity index is 2.32. The van der Waals surface area contributed by atoms with Crippen molar-refractivity contribution in [3.63, 3.8) is 0 Å². The zero-order valence-electron chi connectivity index (χ0n) is 7.90. The van der Waals surface area contributed by atoms with Crippen molar-refractivity contribution >= 4 is 34.9 Å². The maximum absolute atomic E-state index is 12.5. The van der Waals surface area contributed by atoms with Gasteiger partial charge in [0.25, 0.3) is 0 Å². The highest BCUT2D eigenvalue weighted by molar-refractivity contribution is 8.00. The average Bonchev–Trinajstić information content (AvgIpc) is 2.68. The fourth-order valence-corrected chi connectivity index (χ4v) is 2.67. The first-order valence-corrected chi connectivity index (χ1v) is 6.11. The number of pyridine rings is 1. The van der Waals surface area contributed by atoms with Crippen LogP contribution < -0.4 is 0 Å². The second kappa shape index (κ2) is 4.79. The van der Waals surface area contributed by atoms with Crippen LogP contribution in [-0.2, 0) is 6.18 Å². The van der Waals surface area contributed by atoms with Crippen molar-refractivity contribution in [3.05, 3.63) is 29.2 Å². The molecule has 0 unspecified atom stereocenters. The molecule has 2 aromatic rings. The highest BCUT2D eigenvalue weighted by atomic mass is 35.5. The van der Waals surface area contributed by atoms with Gasteiger partial charge in [0.2, 0.25) is 0 Å². The van der Waals surface area contributed by atoms with Gasteiger partial charge >= 0.3 is 6.18 Å². The molecule has 2 aromatic heterocycles. The Labute approximate surface area is 107 Å². The van der Waals surface area contributed by atoms with E-state index in [9.17, 15) is 13.2 Å². The van der Waals surface area contributed by atoms with Gasteiger partial charge < -0.3 is 0 Å². The van der Waals surface area contributed by atoms with Crippen LogP contribution in [0.3, 0.4) is 0 Å². The summed E-state index contributed by atoms with van der Waals surface area (Å²) in [6, 6.07) is 1.71. The van der Waals surface area contributed by atoms with Gasteiger partial charge in [-0.15, -0.1) is 0 Å². The maximum atomic E-state index is 12.5. The van der Waals surface area contributed by atoms with Crippen molar-refractivity contribution in [2.75, 3.05) is 0 Å². The maximum Gasteiger partial charge on any atom is 0.416 e. The largest absolute Gasteiger partial charge is 0.416 e. The minimum Gasteiger partial charge on any atom is -0.229 e. The van der Waals surface area contributed by atoms with Crippen LogP contribution >= 0.6 is 34.9 Å². The SMILES string of the molecule is FC(F)(F)c1cc(Cl)nc(Sc2ncns2)c1. The lowest BCUT2D eigenvalue weighted by molar-refractivity contribution is -0.137. The monoisotopic (exact) mass is 297 g/mol. The van der Waals surface area contributed by atoms with Gasteiger partial charge in [-0.25, -0.2) is 9.97 Å². The summed E-state index contributed by atoms with van der Waals surface area (Å²) in [5.41, 5.74) is -0.829. The molecule has 2 rings (SSSR count). The van der Waals surface area contributed by atoms with Crippen LogP contribution in [0.5, 0.6) is 0 Å². The van der Waals surface area contributed by atoms with E-state index in [1.165, 1.54) is 6.33 Å². The van der Waals surface area contributed by atoms with Crippen molar-refractivity contribution in [2.45, 2.75) is 15.5 Å². The molecule has 0 aliphatic carbocycles. The zero-order chi connectivity index (χ0) is 12.5.